The molecule has 1 aliphatic rings. The SMILES string of the molecule is CN1CCOC(CNc2n[nH]c(=O)[nH]c2=O)C1. The molecule has 1 unspecified atom stereocenters. The lowest BCUT2D eigenvalue weighted by Gasteiger charge is -2.30. The fourth-order valence-corrected chi connectivity index (χ4v) is 1.67. The monoisotopic (exact) mass is 241 g/mol. The van der Waals surface area contributed by atoms with Crippen LogP contribution in [0.5, 0.6) is 0 Å². The third-order valence-electron chi connectivity index (χ3n) is 2.55. The van der Waals surface area contributed by atoms with Crippen LogP contribution in [-0.2, 0) is 4.74 Å². The summed E-state index contributed by atoms with van der Waals surface area (Å²) in [7, 11) is 2.01. The highest BCUT2D eigenvalue weighted by atomic mass is 16.5. The zero-order chi connectivity index (χ0) is 12.3. The minimum absolute atomic E-state index is 0.0156. The van der Waals surface area contributed by atoms with Crippen LogP contribution in [0.15, 0.2) is 9.59 Å². The smallest absolute Gasteiger partial charge is 0.342 e. The van der Waals surface area contributed by atoms with E-state index in [0.29, 0.717) is 13.2 Å². The van der Waals surface area contributed by atoms with Gasteiger partial charge in [0.2, 0.25) is 5.82 Å². The van der Waals surface area contributed by atoms with Gasteiger partial charge in [-0.3, -0.25) is 9.78 Å². The van der Waals surface area contributed by atoms with E-state index in [4.69, 9.17) is 4.74 Å². The van der Waals surface area contributed by atoms with Crippen molar-refractivity contribution in [1.82, 2.24) is 20.1 Å². The Morgan fingerprint density at radius 2 is 2.41 bits per heavy atom. The molecule has 1 aliphatic heterocycles. The van der Waals surface area contributed by atoms with Crippen molar-refractivity contribution in [3.63, 3.8) is 0 Å². The molecule has 1 saturated heterocycles. The Morgan fingerprint density at radius 3 is 3.12 bits per heavy atom. The van der Waals surface area contributed by atoms with Crippen LogP contribution >= 0.6 is 0 Å². The summed E-state index contributed by atoms with van der Waals surface area (Å²) in [6.07, 6.45) is 0.0156. The predicted octanol–water partition coefficient (Wildman–Crippen LogP) is -1.80. The summed E-state index contributed by atoms with van der Waals surface area (Å²) >= 11 is 0. The van der Waals surface area contributed by atoms with Crippen LogP contribution in [0.4, 0.5) is 5.82 Å². The van der Waals surface area contributed by atoms with Gasteiger partial charge in [-0.1, -0.05) is 0 Å². The molecule has 2 rings (SSSR count). The lowest BCUT2D eigenvalue weighted by Crippen LogP contribution is -2.43. The van der Waals surface area contributed by atoms with Crippen molar-refractivity contribution in [2.24, 2.45) is 0 Å². The molecule has 1 fully saturated rings. The molecule has 1 aromatic heterocycles. The van der Waals surface area contributed by atoms with Crippen LogP contribution in [0.3, 0.4) is 0 Å². The zero-order valence-electron chi connectivity index (χ0n) is 9.52. The molecule has 0 amide bonds. The first-order valence-corrected chi connectivity index (χ1v) is 5.38. The van der Waals surface area contributed by atoms with Crippen LogP contribution in [0, 0.1) is 0 Å². The molecular formula is C9H15N5O3. The highest BCUT2D eigenvalue weighted by molar-refractivity contribution is 5.28. The largest absolute Gasteiger partial charge is 0.374 e. The minimum atomic E-state index is -0.616. The maximum atomic E-state index is 11.3. The van der Waals surface area contributed by atoms with E-state index in [-0.39, 0.29) is 11.9 Å². The van der Waals surface area contributed by atoms with Crippen LogP contribution in [0.2, 0.25) is 0 Å². The first kappa shape index (κ1) is 11.8. The van der Waals surface area contributed by atoms with Gasteiger partial charge in [0, 0.05) is 19.6 Å². The van der Waals surface area contributed by atoms with Gasteiger partial charge in [-0.05, 0) is 7.05 Å². The maximum absolute atomic E-state index is 11.3. The number of nitrogens with one attached hydrogen (secondary N) is 3. The first-order chi connectivity index (χ1) is 8.15. The van der Waals surface area contributed by atoms with Gasteiger partial charge in [0.15, 0.2) is 0 Å². The highest BCUT2D eigenvalue weighted by Crippen LogP contribution is 2.03. The van der Waals surface area contributed by atoms with Crippen molar-refractivity contribution in [2.45, 2.75) is 6.10 Å². The van der Waals surface area contributed by atoms with Crippen molar-refractivity contribution < 1.29 is 4.74 Å². The van der Waals surface area contributed by atoms with Crippen molar-refractivity contribution in [2.75, 3.05) is 38.6 Å². The molecule has 0 spiro atoms. The molecule has 0 aliphatic carbocycles. The van der Waals surface area contributed by atoms with Gasteiger partial charge in [0.1, 0.15) is 0 Å². The lowest BCUT2D eigenvalue weighted by atomic mass is 10.3. The number of hydrogen-bond acceptors (Lipinski definition) is 6. The van der Waals surface area contributed by atoms with E-state index in [1.807, 2.05) is 7.05 Å². The van der Waals surface area contributed by atoms with Gasteiger partial charge in [-0.15, -0.1) is 5.10 Å². The number of morpholine rings is 1. The molecule has 0 bridgehead atoms. The number of aromatic amines is 2. The third kappa shape index (κ3) is 3.14. The van der Waals surface area contributed by atoms with E-state index in [9.17, 15) is 9.59 Å². The van der Waals surface area contributed by atoms with Gasteiger partial charge >= 0.3 is 5.69 Å². The summed E-state index contributed by atoms with van der Waals surface area (Å²) < 4.78 is 5.52. The Morgan fingerprint density at radius 1 is 1.59 bits per heavy atom. The number of anilines is 1. The number of ether oxygens (including phenoxy) is 1. The highest BCUT2D eigenvalue weighted by Gasteiger charge is 2.17. The molecule has 8 heteroatoms. The summed E-state index contributed by atoms with van der Waals surface area (Å²) in [5.74, 6) is 0.0985. The van der Waals surface area contributed by atoms with Crippen molar-refractivity contribution >= 4 is 5.82 Å². The van der Waals surface area contributed by atoms with E-state index >= 15 is 0 Å². The zero-order valence-corrected chi connectivity index (χ0v) is 9.52. The number of rotatable bonds is 3. The second kappa shape index (κ2) is 5.11. The summed E-state index contributed by atoms with van der Waals surface area (Å²) in [5.41, 5.74) is -1.15. The lowest BCUT2D eigenvalue weighted by molar-refractivity contribution is -0.0117. The van der Waals surface area contributed by atoms with Gasteiger partial charge < -0.3 is 15.0 Å². The van der Waals surface area contributed by atoms with E-state index in [1.54, 1.807) is 0 Å². The molecular weight excluding hydrogens is 226 g/mol. The van der Waals surface area contributed by atoms with Gasteiger partial charge in [-0.25, -0.2) is 9.89 Å². The van der Waals surface area contributed by atoms with Gasteiger partial charge in [0.05, 0.1) is 12.7 Å². The van der Waals surface area contributed by atoms with E-state index < -0.39 is 11.2 Å². The quantitative estimate of drug-likeness (QED) is 0.577. The molecule has 0 saturated carbocycles. The fourth-order valence-electron chi connectivity index (χ4n) is 1.67. The molecule has 8 nitrogen and oxygen atoms in total. The Bertz CT molecular complexity index is 482. The Kier molecular flexibility index (Phi) is 3.55. The summed E-state index contributed by atoms with van der Waals surface area (Å²) in [6.45, 7) is 2.87. The fraction of sp³-hybridized carbons (Fsp3) is 0.667. The third-order valence-corrected chi connectivity index (χ3v) is 2.55. The van der Waals surface area contributed by atoms with E-state index in [0.717, 1.165) is 13.1 Å². The summed E-state index contributed by atoms with van der Waals surface area (Å²) in [6, 6.07) is 0. The molecule has 2 heterocycles. The topological polar surface area (TPSA) is 103 Å². The van der Waals surface area contributed by atoms with Crippen LogP contribution in [-0.4, -0.2) is 59.5 Å². The van der Waals surface area contributed by atoms with E-state index in [1.165, 1.54) is 0 Å². The van der Waals surface area contributed by atoms with Crippen molar-refractivity contribution in [1.29, 1.82) is 0 Å². The Balaban J connectivity index is 1.93. The van der Waals surface area contributed by atoms with E-state index in [2.05, 4.69) is 25.4 Å². The Hall–Kier alpha value is -1.67. The molecule has 1 atom stereocenters. The molecule has 0 aromatic carbocycles. The second-order valence-corrected chi connectivity index (χ2v) is 3.99. The van der Waals surface area contributed by atoms with Crippen LogP contribution < -0.4 is 16.6 Å². The van der Waals surface area contributed by atoms with Crippen LogP contribution in [0.25, 0.3) is 0 Å². The Labute approximate surface area is 97.0 Å². The van der Waals surface area contributed by atoms with Gasteiger partial charge in [-0.2, -0.15) is 0 Å². The van der Waals surface area contributed by atoms with Crippen molar-refractivity contribution in [3.8, 4) is 0 Å². The normalized spacial score (nSPS) is 21.4. The summed E-state index contributed by atoms with van der Waals surface area (Å²) in [4.78, 5) is 26.3. The first-order valence-electron chi connectivity index (χ1n) is 5.38. The number of hydrogen-bond donors (Lipinski definition) is 3. The maximum Gasteiger partial charge on any atom is 0.342 e. The predicted molar refractivity (Wildman–Crippen MR) is 61.2 cm³/mol. The average Bonchev–Trinajstić information content (AvgIpc) is 2.28. The second-order valence-electron chi connectivity index (χ2n) is 3.99. The average molecular weight is 241 g/mol. The van der Waals surface area contributed by atoms with Crippen molar-refractivity contribution in [3.05, 3.63) is 20.8 Å². The molecule has 0 radical (unpaired) electrons. The number of aromatic nitrogens is 3. The number of H-pyrrole nitrogens is 2. The summed E-state index contributed by atoms with van der Waals surface area (Å²) in [5, 5.41) is 8.64. The molecule has 3 N–H and O–H groups in total. The van der Waals surface area contributed by atoms with Crippen LogP contribution in [0.1, 0.15) is 0 Å². The molecule has 1 aromatic rings. The molecule has 17 heavy (non-hydrogen) atoms. The number of likely N-dealkylation sites (N-methyl/N-ethyl adjacent to an activating group) is 1. The molecule has 94 valence electrons. The minimum Gasteiger partial charge on any atom is -0.374 e. The van der Waals surface area contributed by atoms with Gasteiger partial charge in [0.25, 0.3) is 5.56 Å². The standard InChI is InChI=1S/C9H15N5O3/c1-14-2-3-17-6(5-14)4-10-7-8(15)11-9(16)13-12-7/h6H,2-5H2,1H3,(H,10,12)(H2,11,13,15,16). The number of nitrogens with zero attached hydrogens (tertiary/aromatic N) is 2.